The van der Waals surface area contributed by atoms with Crippen molar-refractivity contribution in [1.82, 2.24) is 4.98 Å². The third kappa shape index (κ3) is 6.68. The van der Waals surface area contributed by atoms with E-state index in [1.165, 1.54) is 51.5 Å². The lowest BCUT2D eigenvalue weighted by molar-refractivity contribution is 0.592. The van der Waals surface area contributed by atoms with Crippen LogP contribution in [0.15, 0.2) is 170 Å². The highest BCUT2D eigenvalue weighted by molar-refractivity contribution is 14.0. The predicted octanol–water partition coefficient (Wildman–Crippen LogP) is 13.4. The summed E-state index contributed by atoms with van der Waals surface area (Å²) in [5, 5.41) is 7.45. The number of aromatic nitrogens is 1. The van der Waals surface area contributed by atoms with Crippen LogP contribution in [0.2, 0.25) is 0 Å². The lowest BCUT2D eigenvalue weighted by atomic mass is 9.97. The molecular formula is C46H37INOPS2. The number of allylic oxidation sites excluding steroid dienone is 2. The van der Waals surface area contributed by atoms with E-state index in [0.717, 1.165) is 33.5 Å². The van der Waals surface area contributed by atoms with Crippen molar-refractivity contribution in [3.63, 3.8) is 0 Å². The van der Waals surface area contributed by atoms with E-state index in [0.29, 0.717) is 0 Å². The Morgan fingerprint density at radius 3 is 1.79 bits per heavy atom. The molecule has 0 unspecified atom stereocenters. The molecule has 0 spiro atoms. The van der Waals surface area contributed by atoms with E-state index in [1.807, 2.05) is 96.5 Å². The molecule has 0 saturated carbocycles. The lowest BCUT2D eigenvalue weighted by Crippen LogP contribution is -2.25. The Bertz CT molecular complexity index is 2690. The van der Waals surface area contributed by atoms with Crippen LogP contribution in [-0.2, 0) is 4.57 Å². The quantitative estimate of drug-likeness (QED) is 0.0948. The molecule has 2 nitrogen and oxygen atoms in total. The van der Waals surface area contributed by atoms with Gasteiger partial charge in [0, 0.05) is 74.2 Å². The van der Waals surface area contributed by atoms with Crippen molar-refractivity contribution in [3.8, 4) is 22.3 Å². The first kappa shape index (κ1) is 36.0. The summed E-state index contributed by atoms with van der Waals surface area (Å²) in [5.41, 5.74) is 4.51. The number of halogens is 1. The van der Waals surface area contributed by atoms with Gasteiger partial charge >= 0.3 is 0 Å². The molecule has 0 bridgehead atoms. The Balaban J connectivity index is 0.000000659. The highest BCUT2D eigenvalue weighted by Gasteiger charge is 2.30. The van der Waals surface area contributed by atoms with Crippen LogP contribution in [0.4, 0.5) is 0 Å². The molecule has 3 aromatic heterocycles. The Morgan fingerprint density at radius 2 is 1.13 bits per heavy atom. The zero-order valence-electron chi connectivity index (χ0n) is 28.9. The van der Waals surface area contributed by atoms with Gasteiger partial charge < -0.3 is 4.57 Å². The molecular weight excluding hydrogens is 805 g/mol. The van der Waals surface area contributed by atoms with Gasteiger partial charge in [-0.1, -0.05) is 122 Å². The minimum Gasteiger partial charge on any atom is -0.309 e. The third-order valence-electron chi connectivity index (χ3n) is 9.31. The van der Waals surface area contributed by atoms with Gasteiger partial charge in [-0.2, -0.15) is 0 Å². The summed E-state index contributed by atoms with van der Waals surface area (Å²) in [4.78, 5) is 4.64. The minimum absolute atomic E-state index is 0. The monoisotopic (exact) mass is 841 g/mol. The third-order valence-corrected chi connectivity index (χ3v) is 14.6. The Morgan fingerprint density at radius 1 is 0.558 bits per heavy atom. The number of nitrogens with zero attached hydrogens (tertiary/aromatic N) is 1. The molecule has 6 aromatic carbocycles. The van der Waals surface area contributed by atoms with Crippen molar-refractivity contribution in [3.05, 3.63) is 170 Å². The number of thiophene rings is 2. The zero-order chi connectivity index (χ0) is 34.8. The minimum atomic E-state index is -3.13. The number of pyridine rings is 1. The van der Waals surface area contributed by atoms with Gasteiger partial charge in [0.1, 0.15) is 0 Å². The predicted molar refractivity (Wildman–Crippen MR) is 241 cm³/mol. The fourth-order valence-corrected chi connectivity index (χ4v) is 11.7. The first-order chi connectivity index (χ1) is 25.1. The lowest BCUT2D eigenvalue weighted by Gasteiger charge is -2.20. The van der Waals surface area contributed by atoms with Crippen molar-refractivity contribution >= 4 is 110 Å². The van der Waals surface area contributed by atoms with Gasteiger partial charge in [-0.15, -0.1) is 46.7 Å². The molecule has 0 aliphatic heterocycles. The Hall–Kier alpha value is -4.39. The topological polar surface area (TPSA) is 30.0 Å². The van der Waals surface area contributed by atoms with Gasteiger partial charge in [-0.25, -0.2) is 0 Å². The van der Waals surface area contributed by atoms with Gasteiger partial charge in [-0.05, 0) is 72.5 Å². The van der Waals surface area contributed by atoms with Gasteiger partial charge in [0.15, 0.2) is 7.14 Å². The summed E-state index contributed by atoms with van der Waals surface area (Å²) in [6.07, 6.45) is 8.99. The van der Waals surface area contributed by atoms with Crippen LogP contribution < -0.4 is 15.9 Å². The summed E-state index contributed by atoms with van der Waals surface area (Å²) in [6, 6.07) is 50.5. The van der Waals surface area contributed by atoms with Gasteiger partial charge in [-0.3, -0.25) is 4.98 Å². The smallest absolute Gasteiger partial charge is 0.172 e. The van der Waals surface area contributed by atoms with Crippen LogP contribution >= 0.6 is 53.8 Å². The Kier molecular flexibility index (Phi) is 10.9. The molecule has 9 aromatic rings. The van der Waals surface area contributed by atoms with Crippen LogP contribution in [0.3, 0.4) is 0 Å². The average molecular weight is 842 g/mol. The van der Waals surface area contributed by atoms with Gasteiger partial charge in [0.2, 0.25) is 0 Å². The number of benzene rings is 6. The molecule has 0 aliphatic rings. The molecule has 0 aliphatic carbocycles. The summed E-state index contributed by atoms with van der Waals surface area (Å²) in [7, 11) is -3.13. The molecule has 52 heavy (non-hydrogen) atoms. The summed E-state index contributed by atoms with van der Waals surface area (Å²) in [5.74, 6) is 0. The molecule has 0 saturated heterocycles. The second-order valence-electron chi connectivity index (χ2n) is 12.5. The fraction of sp³-hybridized carbons (Fsp3) is 0.0652. The van der Waals surface area contributed by atoms with Crippen LogP contribution in [0.1, 0.15) is 20.3 Å². The van der Waals surface area contributed by atoms with Crippen LogP contribution in [0.25, 0.3) is 62.6 Å². The average Bonchev–Trinajstić information content (AvgIpc) is 3.76. The van der Waals surface area contributed by atoms with E-state index < -0.39 is 7.14 Å². The number of rotatable bonds is 6. The van der Waals surface area contributed by atoms with E-state index in [4.69, 9.17) is 0 Å². The molecule has 256 valence electrons. The highest BCUT2D eigenvalue weighted by Crippen LogP contribution is 2.45. The summed E-state index contributed by atoms with van der Waals surface area (Å²) in [6.45, 7) is 4.16. The molecule has 0 atom stereocenters. The fourth-order valence-electron chi connectivity index (χ4n) is 6.86. The van der Waals surface area contributed by atoms with Crippen molar-refractivity contribution in [2.45, 2.75) is 20.3 Å². The second-order valence-corrected chi connectivity index (χ2v) is 17.4. The van der Waals surface area contributed by atoms with E-state index in [-0.39, 0.29) is 24.0 Å². The van der Waals surface area contributed by atoms with Crippen molar-refractivity contribution in [1.29, 1.82) is 0 Å². The van der Waals surface area contributed by atoms with Crippen LogP contribution in [0, 0.1) is 0 Å². The SMILES string of the molecule is C/C=C/CC.I.O=P(c1ccccc1)(c1ccccc1)c1cncc(-c2ccc3sc4ccc(-c5cccc6sc7ccccc7c56)cc4c3c2)c1. The number of hydrogen-bond acceptors (Lipinski definition) is 4. The first-order valence-electron chi connectivity index (χ1n) is 17.2. The Labute approximate surface area is 329 Å². The van der Waals surface area contributed by atoms with E-state index in [1.54, 1.807) is 6.20 Å². The van der Waals surface area contributed by atoms with E-state index in [2.05, 4.69) is 109 Å². The van der Waals surface area contributed by atoms with Gasteiger partial charge in [0.05, 0.1) is 0 Å². The maximum absolute atomic E-state index is 15.0. The van der Waals surface area contributed by atoms with Gasteiger partial charge in [0.25, 0.3) is 0 Å². The van der Waals surface area contributed by atoms with Crippen LogP contribution in [-0.4, -0.2) is 4.98 Å². The molecule has 6 heteroatoms. The largest absolute Gasteiger partial charge is 0.309 e. The maximum atomic E-state index is 15.0. The van der Waals surface area contributed by atoms with E-state index in [9.17, 15) is 0 Å². The maximum Gasteiger partial charge on any atom is 0.172 e. The first-order valence-corrected chi connectivity index (χ1v) is 20.6. The van der Waals surface area contributed by atoms with Crippen LogP contribution in [0.5, 0.6) is 0 Å². The zero-order valence-corrected chi connectivity index (χ0v) is 33.8. The molecule has 3 heterocycles. The van der Waals surface area contributed by atoms with Crippen molar-refractivity contribution in [2.24, 2.45) is 0 Å². The molecule has 9 rings (SSSR count). The summed E-state index contributed by atoms with van der Waals surface area (Å²) >= 11 is 3.68. The summed E-state index contributed by atoms with van der Waals surface area (Å²) < 4.78 is 20.2. The molecule has 0 amide bonds. The number of fused-ring (bicyclic) bond motifs is 6. The molecule has 0 N–H and O–H groups in total. The standard InChI is InChI=1S/C41H26NOPS2.C5H10.HI/c43-44(30-10-3-1-4-11-30,31-12-5-2-6-13-31)32-22-29(25-42-26-32)27-18-20-38-35(23-27)36-24-28(19-21-39(36)45-38)33-15-9-17-40-41(33)34-14-7-8-16-37(34)46-40;1-3-5-4-2;/h1-26H;3,5H,4H2,1-2H3;1H/b;5-3+;. The normalized spacial score (nSPS) is 11.6. The number of hydrogen-bond donors (Lipinski definition) is 0. The molecule has 0 radical (unpaired) electrons. The van der Waals surface area contributed by atoms with Crippen molar-refractivity contribution < 1.29 is 4.57 Å². The van der Waals surface area contributed by atoms with Crippen molar-refractivity contribution in [2.75, 3.05) is 0 Å². The second kappa shape index (κ2) is 15.7. The molecule has 0 fully saturated rings. The highest BCUT2D eigenvalue weighted by atomic mass is 127. The van der Waals surface area contributed by atoms with E-state index >= 15 is 4.57 Å².